The standard InChI is InChI=1S/C18H28ClN/c1-4-14-6-5-7-16(11-14)18(20-3)12-15-9-8-13(2)10-17(15)19/h8-10,14,16,18,20H,4-7,11-12H2,1-3H3. The Morgan fingerprint density at radius 2 is 2.15 bits per heavy atom. The smallest absolute Gasteiger partial charge is 0.0441 e. The lowest BCUT2D eigenvalue weighted by molar-refractivity contribution is 0.212. The Kier molecular flexibility index (Phi) is 5.92. The lowest BCUT2D eigenvalue weighted by Gasteiger charge is -2.34. The van der Waals surface area contributed by atoms with Gasteiger partial charge in [-0.3, -0.25) is 0 Å². The molecular weight excluding hydrogens is 266 g/mol. The van der Waals surface area contributed by atoms with Crippen LogP contribution >= 0.6 is 11.6 Å². The minimum absolute atomic E-state index is 0.560. The molecule has 20 heavy (non-hydrogen) atoms. The molecule has 3 atom stereocenters. The third kappa shape index (κ3) is 3.99. The Morgan fingerprint density at radius 3 is 2.80 bits per heavy atom. The molecule has 2 rings (SSSR count). The van der Waals surface area contributed by atoms with Crippen molar-refractivity contribution in [2.75, 3.05) is 7.05 Å². The summed E-state index contributed by atoms with van der Waals surface area (Å²) in [6.45, 7) is 4.43. The maximum Gasteiger partial charge on any atom is 0.0441 e. The minimum Gasteiger partial charge on any atom is -0.316 e. The van der Waals surface area contributed by atoms with Gasteiger partial charge in [-0.1, -0.05) is 49.9 Å². The lowest BCUT2D eigenvalue weighted by atomic mass is 9.75. The van der Waals surface area contributed by atoms with E-state index in [-0.39, 0.29) is 0 Å². The van der Waals surface area contributed by atoms with Crippen LogP contribution in [0.1, 0.15) is 50.2 Å². The molecular formula is C18H28ClN. The Hall–Kier alpha value is -0.530. The van der Waals surface area contributed by atoms with E-state index in [0.29, 0.717) is 6.04 Å². The Morgan fingerprint density at radius 1 is 1.35 bits per heavy atom. The second-order valence-corrected chi connectivity index (χ2v) is 6.80. The Labute approximate surface area is 129 Å². The van der Waals surface area contributed by atoms with Gasteiger partial charge in [0.2, 0.25) is 0 Å². The fraction of sp³-hybridized carbons (Fsp3) is 0.667. The fourth-order valence-electron chi connectivity index (χ4n) is 3.63. The molecule has 0 bridgehead atoms. The van der Waals surface area contributed by atoms with Crippen molar-refractivity contribution in [2.24, 2.45) is 11.8 Å². The highest BCUT2D eigenvalue weighted by atomic mass is 35.5. The largest absolute Gasteiger partial charge is 0.316 e. The zero-order valence-corrected chi connectivity index (χ0v) is 13.8. The molecule has 112 valence electrons. The van der Waals surface area contributed by atoms with E-state index < -0.39 is 0 Å². The molecule has 1 N–H and O–H groups in total. The predicted molar refractivity (Wildman–Crippen MR) is 88.5 cm³/mol. The second kappa shape index (κ2) is 7.47. The van der Waals surface area contributed by atoms with Crippen molar-refractivity contribution in [1.29, 1.82) is 0 Å². The van der Waals surface area contributed by atoms with E-state index in [1.54, 1.807) is 0 Å². The molecule has 3 unspecified atom stereocenters. The number of aryl methyl sites for hydroxylation is 1. The molecule has 1 aliphatic rings. The molecule has 1 saturated carbocycles. The van der Waals surface area contributed by atoms with Crippen LogP contribution < -0.4 is 5.32 Å². The Balaban J connectivity index is 2.04. The van der Waals surface area contributed by atoms with Crippen molar-refractivity contribution < 1.29 is 0 Å². The highest BCUT2D eigenvalue weighted by Crippen LogP contribution is 2.34. The lowest BCUT2D eigenvalue weighted by Crippen LogP contribution is -2.38. The van der Waals surface area contributed by atoms with E-state index in [2.05, 4.69) is 44.4 Å². The first-order chi connectivity index (χ1) is 9.63. The predicted octanol–water partition coefficient (Wildman–Crippen LogP) is 5.00. The van der Waals surface area contributed by atoms with Crippen molar-refractivity contribution in [1.82, 2.24) is 5.32 Å². The number of likely N-dealkylation sites (N-methyl/N-ethyl adjacent to an activating group) is 1. The van der Waals surface area contributed by atoms with E-state index in [1.165, 1.54) is 43.2 Å². The van der Waals surface area contributed by atoms with E-state index in [4.69, 9.17) is 11.6 Å². The van der Waals surface area contributed by atoms with E-state index in [0.717, 1.165) is 23.3 Å². The number of hydrogen-bond acceptors (Lipinski definition) is 1. The van der Waals surface area contributed by atoms with E-state index in [9.17, 15) is 0 Å². The SMILES string of the molecule is CCC1CCCC(C(Cc2ccc(C)cc2Cl)NC)C1. The van der Waals surface area contributed by atoms with E-state index in [1.807, 2.05) is 0 Å². The van der Waals surface area contributed by atoms with Crippen LogP contribution in [0.5, 0.6) is 0 Å². The normalized spacial score (nSPS) is 24.6. The molecule has 0 spiro atoms. The highest BCUT2D eigenvalue weighted by molar-refractivity contribution is 6.31. The monoisotopic (exact) mass is 293 g/mol. The van der Waals surface area contributed by atoms with Gasteiger partial charge in [0.1, 0.15) is 0 Å². The Bertz CT molecular complexity index is 429. The summed E-state index contributed by atoms with van der Waals surface area (Å²) in [5, 5.41) is 4.47. The van der Waals surface area contributed by atoms with Crippen LogP contribution in [0.3, 0.4) is 0 Å². The quantitative estimate of drug-likeness (QED) is 0.806. The molecule has 0 amide bonds. The number of halogens is 1. The average molecular weight is 294 g/mol. The van der Waals surface area contributed by atoms with Gasteiger partial charge in [-0.15, -0.1) is 0 Å². The summed E-state index contributed by atoms with van der Waals surface area (Å²) < 4.78 is 0. The summed E-state index contributed by atoms with van der Waals surface area (Å²) in [6, 6.07) is 7.01. The maximum absolute atomic E-state index is 6.40. The molecule has 0 radical (unpaired) electrons. The molecule has 0 heterocycles. The first kappa shape index (κ1) is 15.9. The summed E-state index contributed by atoms with van der Waals surface area (Å²) in [6.07, 6.45) is 7.95. The van der Waals surface area contributed by atoms with Crippen LogP contribution in [0.25, 0.3) is 0 Å². The van der Waals surface area contributed by atoms with Crippen LogP contribution in [-0.4, -0.2) is 13.1 Å². The zero-order chi connectivity index (χ0) is 14.5. The van der Waals surface area contributed by atoms with Crippen LogP contribution in [0, 0.1) is 18.8 Å². The van der Waals surface area contributed by atoms with Crippen molar-refractivity contribution in [2.45, 2.75) is 58.4 Å². The van der Waals surface area contributed by atoms with Gasteiger partial charge in [0, 0.05) is 11.1 Å². The van der Waals surface area contributed by atoms with Crippen LogP contribution in [-0.2, 0) is 6.42 Å². The number of nitrogens with one attached hydrogen (secondary N) is 1. The number of rotatable bonds is 5. The second-order valence-electron chi connectivity index (χ2n) is 6.40. The van der Waals surface area contributed by atoms with Gasteiger partial charge in [0.05, 0.1) is 0 Å². The molecule has 1 aromatic carbocycles. The van der Waals surface area contributed by atoms with Gasteiger partial charge >= 0.3 is 0 Å². The van der Waals surface area contributed by atoms with Crippen molar-refractivity contribution in [3.63, 3.8) is 0 Å². The first-order valence-corrected chi connectivity index (χ1v) is 8.44. The van der Waals surface area contributed by atoms with Gasteiger partial charge in [0.15, 0.2) is 0 Å². The molecule has 1 aromatic rings. The molecule has 2 heteroatoms. The van der Waals surface area contributed by atoms with Crippen molar-refractivity contribution in [3.05, 3.63) is 34.3 Å². The summed E-state index contributed by atoms with van der Waals surface area (Å²) in [5.41, 5.74) is 2.53. The maximum atomic E-state index is 6.40. The van der Waals surface area contributed by atoms with Crippen molar-refractivity contribution in [3.8, 4) is 0 Å². The minimum atomic E-state index is 0.560. The fourth-order valence-corrected chi connectivity index (χ4v) is 3.94. The topological polar surface area (TPSA) is 12.0 Å². The van der Waals surface area contributed by atoms with E-state index >= 15 is 0 Å². The summed E-state index contributed by atoms with van der Waals surface area (Å²) in [4.78, 5) is 0. The molecule has 1 fully saturated rings. The summed E-state index contributed by atoms with van der Waals surface area (Å²) in [5.74, 6) is 1.73. The number of hydrogen-bond donors (Lipinski definition) is 1. The summed E-state index contributed by atoms with van der Waals surface area (Å²) >= 11 is 6.40. The molecule has 0 aliphatic heterocycles. The summed E-state index contributed by atoms with van der Waals surface area (Å²) in [7, 11) is 2.10. The van der Waals surface area contributed by atoms with Gasteiger partial charge in [-0.2, -0.15) is 0 Å². The highest BCUT2D eigenvalue weighted by Gasteiger charge is 2.27. The third-order valence-electron chi connectivity index (χ3n) is 4.99. The molecule has 0 aromatic heterocycles. The van der Waals surface area contributed by atoms with Crippen molar-refractivity contribution >= 4 is 11.6 Å². The molecule has 1 aliphatic carbocycles. The molecule has 1 nitrogen and oxygen atoms in total. The van der Waals surface area contributed by atoms with Gasteiger partial charge in [0.25, 0.3) is 0 Å². The third-order valence-corrected chi connectivity index (χ3v) is 5.34. The van der Waals surface area contributed by atoms with Crippen LogP contribution in [0.2, 0.25) is 5.02 Å². The average Bonchev–Trinajstić information content (AvgIpc) is 2.46. The molecule has 0 saturated heterocycles. The van der Waals surface area contributed by atoms with Gasteiger partial charge in [-0.05, 0) is 62.3 Å². The van der Waals surface area contributed by atoms with Crippen LogP contribution in [0.4, 0.5) is 0 Å². The first-order valence-electron chi connectivity index (χ1n) is 8.06. The van der Waals surface area contributed by atoms with Gasteiger partial charge < -0.3 is 5.32 Å². The van der Waals surface area contributed by atoms with Gasteiger partial charge in [-0.25, -0.2) is 0 Å². The van der Waals surface area contributed by atoms with Crippen LogP contribution in [0.15, 0.2) is 18.2 Å². The number of benzene rings is 1. The zero-order valence-electron chi connectivity index (χ0n) is 13.1.